The van der Waals surface area contributed by atoms with Crippen LogP contribution >= 0.6 is 0 Å². The van der Waals surface area contributed by atoms with E-state index in [1.54, 1.807) is 6.08 Å². The van der Waals surface area contributed by atoms with E-state index in [0.29, 0.717) is 0 Å². The lowest BCUT2D eigenvalue weighted by Gasteiger charge is -2.08. The molecule has 0 heterocycles. The summed E-state index contributed by atoms with van der Waals surface area (Å²) in [6.07, 6.45) is 3.29. The monoisotopic (exact) mass is 266 g/mol. The first-order chi connectivity index (χ1) is 9.79. The van der Waals surface area contributed by atoms with E-state index in [9.17, 15) is 4.79 Å². The Morgan fingerprint density at radius 3 is 2.20 bits per heavy atom. The van der Waals surface area contributed by atoms with Gasteiger partial charge in [-0.1, -0.05) is 60.7 Å². The molecule has 0 atom stereocenters. The van der Waals surface area contributed by atoms with Gasteiger partial charge >= 0.3 is 5.97 Å². The molecule has 0 unspecified atom stereocenters. The number of rotatable bonds is 5. The van der Waals surface area contributed by atoms with Crippen LogP contribution in [0.5, 0.6) is 0 Å². The molecule has 0 spiro atoms. The highest BCUT2D eigenvalue weighted by molar-refractivity contribution is 5.91. The first-order valence-corrected chi connectivity index (χ1v) is 6.67. The SMILES string of the molecule is COC(=O)/C=C(\CCc1ccccc1)c1ccccc1. The van der Waals surface area contributed by atoms with Crippen LogP contribution in [0.1, 0.15) is 17.5 Å². The highest BCUT2D eigenvalue weighted by Crippen LogP contribution is 2.20. The minimum Gasteiger partial charge on any atom is -0.466 e. The number of esters is 1. The van der Waals surface area contributed by atoms with E-state index >= 15 is 0 Å². The van der Waals surface area contributed by atoms with Crippen LogP contribution in [0.3, 0.4) is 0 Å². The molecule has 0 aliphatic heterocycles. The molecule has 0 fully saturated rings. The smallest absolute Gasteiger partial charge is 0.330 e. The zero-order chi connectivity index (χ0) is 14.2. The molecule has 0 aliphatic carbocycles. The lowest BCUT2D eigenvalue weighted by atomic mass is 9.98. The molecule has 20 heavy (non-hydrogen) atoms. The molecular weight excluding hydrogens is 248 g/mol. The van der Waals surface area contributed by atoms with Crippen molar-refractivity contribution in [2.75, 3.05) is 7.11 Å². The molecule has 0 saturated carbocycles. The van der Waals surface area contributed by atoms with Gasteiger partial charge in [0.1, 0.15) is 0 Å². The molecule has 0 aliphatic rings. The Hall–Kier alpha value is -2.35. The number of carbonyl (C=O) groups excluding carboxylic acids is 1. The van der Waals surface area contributed by atoms with E-state index in [4.69, 9.17) is 4.74 Å². The quantitative estimate of drug-likeness (QED) is 0.606. The molecule has 0 bridgehead atoms. The minimum atomic E-state index is -0.308. The average Bonchev–Trinajstić information content (AvgIpc) is 2.53. The van der Waals surface area contributed by atoms with Crippen LogP contribution in [0.25, 0.3) is 5.57 Å². The summed E-state index contributed by atoms with van der Waals surface area (Å²) >= 11 is 0. The van der Waals surface area contributed by atoms with Crippen molar-refractivity contribution in [3.8, 4) is 0 Å². The Kier molecular flexibility index (Phi) is 5.13. The molecule has 0 aromatic heterocycles. The maximum Gasteiger partial charge on any atom is 0.330 e. The molecule has 102 valence electrons. The number of carbonyl (C=O) groups is 1. The summed E-state index contributed by atoms with van der Waals surface area (Å²) in [5, 5.41) is 0. The van der Waals surface area contributed by atoms with Crippen LogP contribution in [0.4, 0.5) is 0 Å². The average molecular weight is 266 g/mol. The Balaban J connectivity index is 2.16. The standard InChI is InChI=1S/C18H18O2/c1-20-18(19)14-17(16-10-6-3-7-11-16)13-12-15-8-4-2-5-9-15/h2-11,14H,12-13H2,1H3/b17-14+. The van der Waals surface area contributed by atoms with Crippen LogP contribution in [-0.2, 0) is 16.0 Å². The van der Waals surface area contributed by atoms with Gasteiger partial charge in [-0.3, -0.25) is 0 Å². The summed E-state index contributed by atoms with van der Waals surface area (Å²) in [5.41, 5.74) is 3.33. The minimum absolute atomic E-state index is 0.308. The second-order valence-corrected chi connectivity index (χ2v) is 4.54. The van der Waals surface area contributed by atoms with Gasteiger partial charge < -0.3 is 4.74 Å². The Morgan fingerprint density at radius 2 is 1.60 bits per heavy atom. The number of benzene rings is 2. The van der Waals surface area contributed by atoms with Gasteiger partial charge in [0.25, 0.3) is 0 Å². The third-order valence-electron chi connectivity index (χ3n) is 3.16. The van der Waals surface area contributed by atoms with E-state index in [1.165, 1.54) is 12.7 Å². The predicted octanol–water partition coefficient (Wildman–Crippen LogP) is 3.88. The van der Waals surface area contributed by atoms with Crippen LogP contribution in [0.15, 0.2) is 66.7 Å². The van der Waals surface area contributed by atoms with Crippen LogP contribution < -0.4 is 0 Å². The maximum atomic E-state index is 11.5. The molecule has 0 amide bonds. The van der Waals surface area contributed by atoms with Gasteiger partial charge in [-0.2, -0.15) is 0 Å². The highest BCUT2D eigenvalue weighted by Gasteiger charge is 2.05. The van der Waals surface area contributed by atoms with E-state index < -0.39 is 0 Å². The summed E-state index contributed by atoms with van der Waals surface area (Å²) in [6.45, 7) is 0. The normalized spacial score (nSPS) is 11.2. The number of hydrogen-bond acceptors (Lipinski definition) is 2. The maximum absolute atomic E-state index is 11.5. The number of hydrogen-bond donors (Lipinski definition) is 0. The molecule has 2 aromatic rings. The van der Waals surface area contributed by atoms with E-state index in [2.05, 4.69) is 12.1 Å². The summed E-state index contributed by atoms with van der Waals surface area (Å²) < 4.78 is 4.74. The van der Waals surface area contributed by atoms with Crippen LogP contribution in [0.2, 0.25) is 0 Å². The molecule has 2 heteroatoms. The summed E-state index contributed by atoms with van der Waals surface area (Å²) in [7, 11) is 1.40. The van der Waals surface area contributed by atoms with Gasteiger partial charge in [0.05, 0.1) is 7.11 Å². The van der Waals surface area contributed by atoms with Crippen molar-refractivity contribution in [1.82, 2.24) is 0 Å². The van der Waals surface area contributed by atoms with Crippen molar-refractivity contribution in [2.45, 2.75) is 12.8 Å². The first kappa shape index (κ1) is 14.1. The van der Waals surface area contributed by atoms with Gasteiger partial charge in [0.15, 0.2) is 0 Å². The molecular formula is C18H18O2. The number of methoxy groups -OCH3 is 1. The number of ether oxygens (including phenoxy) is 1. The topological polar surface area (TPSA) is 26.3 Å². The summed E-state index contributed by atoms with van der Waals surface area (Å²) in [6, 6.07) is 20.2. The fourth-order valence-electron chi connectivity index (χ4n) is 2.08. The highest BCUT2D eigenvalue weighted by atomic mass is 16.5. The van der Waals surface area contributed by atoms with E-state index in [1.807, 2.05) is 48.5 Å². The lowest BCUT2D eigenvalue weighted by molar-refractivity contribution is -0.134. The number of allylic oxidation sites excluding steroid dienone is 1. The molecule has 0 saturated heterocycles. The molecule has 2 nitrogen and oxygen atoms in total. The Bertz CT molecular complexity index is 571. The number of aryl methyl sites for hydroxylation is 1. The zero-order valence-corrected chi connectivity index (χ0v) is 11.6. The van der Waals surface area contributed by atoms with E-state index in [0.717, 1.165) is 24.0 Å². The van der Waals surface area contributed by atoms with Crippen molar-refractivity contribution >= 4 is 11.5 Å². The second kappa shape index (κ2) is 7.29. The van der Waals surface area contributed by atoms with Crippen molar-refractivity contribution in [2.24, 2.45) is 0 Å². The van der Waals surface area contributed by atoms with Gasteiger partial charge in [0, 0.05) is 6.08 Å². The predicted molar refractivity (Wildman–Crippen MR) is 81.2 cm³/mol. The molecule has 0 radical (unpaired) electrons. The van der Waals surface area contributed by atoms with Gasteiger partial charge in [-0.05, 0) is 29.5 Å². The largest absolute Gasteiger partial charge is 0.466 e. The third kappa shape index (κ3) is 4.09. The Morgan fingerprint density at radius 1 is 1.00 bits per heavy atom. The van der Waals surface area contributed by atoms with Crippen molar-refractivity contribution in [1.29, 1.82) is 0 Å². The van der Waals surface area contributed by atoms with Crippen molar-refractivity contribution < 1.29 is 9.53 Å². The zero-order valence-electron chi connectivity index (χ0n) is 11.6. The fraction of sp³-hybridized carbons (Fsp3) is 0.167. The summed E-state index contributed by atoms with van der Waals surface area (Å²) in [4.78, 5) is 11.5. The molecule has 0 N–H and O–H groups in total. The second-order valence-electron chi connectivity index (χ2n) is 4.54. The Labute approximate surface area is 119 Å². The molecule has 2 aromatic carbocycles. The van der Waals surface area contributed by atoms with Crippen LogP contribution in [0, 0.1) is 0 Å². The van der Waals surface area contributed by atoms with Crippen molar-refractivity contribution in [3.63, 3.8) is 0 Å². The van der Waals surface area contributed by atoms with E-state index in [-0.39, 0.29) is 5.97 Å². The van der Waals surface area contributed by atoms with Gasteiger partial charge in [-0.25, -0.2) is 4.79 Å². The van der Waals surface area contributed by atoms with Crippen molar-refractivity contribution in [3.05, 3.63) is 77.9 Å². The lowest BCUT2D eigenvalue weighted by Crippen LogP contribution is -1.98. The van der Waals surface area contributed by atoms with Crippen LogP contribution in [-0.4, -0.2) is 13.1 Å². The summed E-state index contributed by atoms with van der Waals surface area (Å²) in [5.74, 6) is -0.308. The molecule has 2 rings (SSSR count). The first-order valence-electron chi connectivity index (χ1n) is 6.67. The van der Waals surface area contributed by atoms with Gasteiger partial charge in [0.2, 0.25) is 0 Å². The fourth-order valence-corrected chi connectivity index (χ4v) is 2.08. The third-order valence-corrected chi connectivity index (χ3v) is 3.16. The van der Waals surface area contributed by atoms with Gasteiger partial charge in [-0.15, -0.1) is 0 Å².